The van der Waals surface area contributed by atoms with Crippen molar-refractivity contribution in [3.8, 4) is 0 Å². The van der Waals surface area contributed by atoms with Crippen LogP contribution in [-0.4, -0.2) is 0 Å². The molecule has 6 heavy (non-hydrogen) atoms. The molecule has 0 aromatic heterocycles. The van der Waals surface area contributed by atoms with Crippen molar-refractivity contribution in [2.45, 2.75) is 0 Å². The van der Waals surface area contributed by atoms with E-state index in [-0.39, 0.29) is 29.6 Å². The number of rotatable bonds is 0. The molecule has 0 bridgehead atoms. The SMILES string of the molecule is [C-]#N.[N-]=[N+]=N.[Na+]. The van der Waals surface area contributed by atoms with E-state index in [1.54, 1.807) is 4.91 Å². The van der Waals surface area contributed by atoms with Crippen LogP contribution in [0, 0.1) is 17.4 Å². The van der Waals surface area contributed by atoms with Gasteiger partial charge in [-0.25, -0.2) is 0 Å². The van der Waals surface area contributed by atoms with Crippen molar-refractivity contribution in [3.63, 3.8) is 0 Å². The van der Waals surface area contributed by atoms with Crippen molar-refractivity contribution >= 4 is 0 Å². The maximum Gasteiger partial charge on any atom is 1.00 e. The molecule has 0 aliphatic heterocycles. The van der Waals surface area contributed by atoms with Crippen molar-refractivity contribution in [2.24, 2.45) is 0 Å². The molecule has 0 heterocycles. The van der Waals surface area contributed by atoms with Crippen LogP contribution in [0.15, 0.2) is 0 Å². The molecule has 0 spiro atoms. The first-order valence-electron chi connectivity index (χ1n) is 0.647. The van der Waals surface area contributed by atoms with E-state index in [0.717, 1.165) is 0 Å². The summed E-state index contributed by atoms with van der Waals surface area (Å²) in [4.78, 5) is 1.75. The first-order chi connectivity index (χ1) is 2.41. The largest absolute Gasteiger partial charge is 1.00 e. The van der Waals surface area contributed by atoms with Gasteiger partial charge in [0.15, 0.2) is 0 Å². The van der Waals surface area contributed by atoms with Crippen LogP contribution >= 0.6 is 0 Å². The van der Waals surface area contributed by atoms with Gasteiger partial charge in [0.05, 0.1) is 0 Å². The molecule has 0 amide bonds. The molecule has 1 N–H and O–H groups in total. The predicted molar refractivity (Wildman–Crippen MR) is 14.4 cm³/mol. The Morgan fingerprint density at radius 1 is 1.67 bits per heavy atom. The van der Waals surface area contributed by atoms with E-state index >= 15 is 0 Å². The minimum absolute atomic E-state index is 0. The summed E-state index contributed by atoms with van der Waals surface area (Å²) in [5.74, 6) is 0. The van der Waals surface area contributed by atoms with Crippen LogP contribution in [0.25, 0.3) is 10.4 Å². The molecule has 0 aromatic rings. The van der Waals surface area contributed by atoms with Crippen LogP contribution in [0.3, 0.4) is 0 Å². The van der Waals surface area contributed by atoms with Crippen molar-refractivity contribution in [3.05, 3.63) is 17.0 Å². The Hall–Kier alpha value is -0.200. The van der Waals surface area contributed by atoms with Gasteiger partial charge in [-0.1, -0.05) is 0 Å². The van der Waals surface area contributed by atoms with Gasteiger partial charge in [0.1, 0.15) is 0 Å². The van der Waals surface area contributed by atoms with Crippen LogP contribution in [-0.2, 0) is 0 Å². The Bertz CT molecular complexity index is 49.8. The maximum absolute atomic E-state index is 6.86. The van der Waals surface area contributed by atoms with Crippen molar-refractivity contribution < 1.29 is 29.6 Å². The minimum Gasteiger partial charge on any atom is -0.512 e. The van der Waals surface area contributed by atoms with Gasteiger partial charge in [0.25, 0.3) is 0 Å². The molecule has 0 aliphatic rings. The molecule has 0 radical (unpaired) electrons. The van der Waals surface area contributed by atoms with Crippen molar-refractivity contribution in [1.82, 2.24) is 0 Å². The molecular weight excluding hydrogens is 91.0 g/mol. The van der Waals surface area contributed by atoms with E-state index < -0.39 is 0 Å². The summed E-state index contributed by atoms with van der Waals surface area (Å²) >= 11 is 0. The fraction of sp³-hybridized carbons (Fsp3) is 0. The fourth-order valence-corrected chi connectivity index (χ4v) is 0. The van der Waals surface area contributed by atoms with Crippen molar-refractivity contribution in [1.29, 1.82) is 10.8 Å². The number of hydrogen-bond acceptors (Lipinski definition) is 2. The molecular formula is CHN4Na. The van der Waals surface area contributed by atoms with Gasteiger partial charge in [-0.05, 0) is 10.4 Å². The van der Waals surface area contributed by atoms with Crippen LogP contribution < -0.4 is 29.6 Å². The number of nitrogens with zero attached hydrogens (tertiary/aromatic N) is 3. The van der Waals surface area contributed by atoms with E-state index in [4.69, 9.17) is 22.9 Å². The van der Waals surface area contributed by atoms with E-state index in [2.05, 4.69) is 0 Å². The topological polar surface area (TPSA) is 84.0 Å². The second-order valence-electron chi connectivity index (χ2n) is 0.100. The second-order valence-corrected chi connectivity index (χ2v) is 0.100. The summed E-state index contributed by atoms with van der Waals surface area (Å²) in [5.41, 5.74) is 12.2. The van der Waals surface area contributed by atoms with Crippen molar-refractivity contribution in [2.75, 3.05) is 0 Å². The van der Waals surface area contributed by atoms with Gasteiger partial charge in [-0.15, -0.1) is 5.53 Å². The summed E-state index contributed by atoms with van der Waals surface area (Å²) < 4.78 is 0. The summed E-state index contributed by atoms with van der Waals surface area (Å²) in [7, 11) is 0. The maximum atomic E-state index is 6.86. The van der Waals surface area contributed by atoms with E-state index in [9.17, 15) is 0 Å². The first-order valence-corrected chi connectivity index (χ1v) is 0.647. The Morgan fingerprint density at radius 3 is 1.67 bits per heavy atom. The average molecular weight is 92.0 g/mol. The van der Waals surface area contributed by atoms with Gasteiger partial charge >= 0.3 is 29.6 Å². The Kier molecular flexibility index (Phi) is 308. The third kappa shape index (κ3) is 745. The normalized spacial score (nSPS) is 1.67. The smallest absolute Gasteiger partial charge is 0.512 e. The second kappa shape index (κ2) is 108. The molecule has 4 nitrogen and oxygen atoms in total. The average Bonchev–Trinajstić information content (AvgIpc) is 1.46. The summed E-state index contributed by atoms with van der Waals surface area (Å²) in [6, 6.07) is 0. The molecule has 0 saturated heterocycles. The minimum atomic E-state index is 0. The Balaban J connectivity index is -0.0000000275. The molecule has 26 valence electrons. The quantitative estimate of drug-likeness (QED) is 0.121. The zero-order chi connectivity index (χ0) is 4.71. The van der Waals surface area contributed by atoms with E-state index in [0.29, 0.717) is 0 Å². The monoisotopic (exact) mass is 92.0 g/mol. The third-order valence-electron chi connectivity index (χ3n) is 0. The first kappa shape index (κ1) is 17.0. The fourth-order valence-electron chi connectivity index (χ4n) is 0. The number of nitrogens with one attached hydrogen (secondary N) is 1. The van der Waals surface area contributed by atoms with Gasteiger partial charge in [-0.2, -0.15) is 0 Å². The van der Waals surface area contributed by atoms with Crippen LogP contribution in [0.5, 0.6) is 0 Å². The molecule has 5 heteroatoms. The van der Waals surface area contributed by atoms with Gasteiger partial charge in [0.2, 0.25) is 0 Å². The third-order valence-corrected chi connectivity index (χ3v) is 0. The van der Waals surface area contributed by atoms with Crippen LogP contribution in [0.4, 0.5) is 0 Å². The summed E-state index contributed by atoms with van der Waals surface area (Å²) in [6.45, 7) is 4.75. The molecule has 0 unspecified atom stereocenters. The summed E-state index contributed by atoms with van der Waals surface area (Å²) in [5, 5.41) is 6.25. The van der Waals surface area contributed by atoms with Gasteiger partial charge in [-0.3, -0.25) is 0 Å². The van der Waals surface area contributed by atoms with Crippen LogP contribution in [0.2, 0.25) is 0 Å². The number of hydrogen-bond donors (Lipinski definition) is 1. The predicted octanol–water partition coefficient (Wildman–Crippen LogP) is -2.02. The molecule has 0 saturated carbocycles. The Labute approximate surface area is 57.5 Å². The summed E-state index contributed by atoms with van der Waals surface area (Å²) in [6.07, 6.45) is 0. The van der Waals surface area contributed by atoms with Gasteiger partial charge < -0.3 is 11.8 Å². The molecule has 0 rings (SSSR count). The molecule has 0 aliphatic carbocycles. The van der Waals surface area contributed by atoms with E-state index in [1.807, 2.05) is 0 Å². The zero-order valence-electron chi connectivity index (χ0n) is 3.34. The standard InChI is InChI=1S/CN.HN3.Na/c1-2;1-3-2;/h;1H;/q-1;;+1. The van der Waals surface area contributed by atoms with E-state index in [1.165, 1.54) is 0 Å². The molecule has 0 aromatic carbocycles. The van der Waals surface area contributed by atoms with Gasteiger partial charge in [0, 0.05) is 0 Å². The Morgan fingerprint density at radius 2 is 1.67 bits per heavy atom. The zero-order valence-corrected chi connectivity index (χ0v) is 5.34. The van der Waals surface area contributed by atoms with Crippen LogP contribution in [0.1, 0.15) is 0 Å². The molecule has 0 atom stereocenters. The molecule has 0 fully saturated rings.